The van der Waals surface area contributed by atoms with Gasteiger partial charge in [-0.3, -0.25) is 9.59 Å². The van der Waals surface area contributed by atoms with Crippen LogP contribution in [0.4, 0.5) is 0 Å². The molecule has 6 heteroatoms. The molecule has 2 rings (SSSR count). The van der Waals surface area contributed by atoms with Crippen molar-refractivity contribution in [2.24, 2.45) is 0 Å². The van der Waals surface area contributed by atoms with Crippen molar-refractivity contribution < 1.29 is 9.59 Å². The van der Waals surface area contributed by atoms with Crippen LogP contribution in [0, 0.1) is 6.92 Å². The van der Waals surface area contributed by atoms with E-state index >= 15 is 0 Å². The van der Waals surface area contributed by atoms with Crippen LogP contribution >= 0.6 is 27.3 Å². The number of hydrogen-bond acceptors (Lipinski definition) is 3. The van der Waals surface area contributed by atoms with E-state index in [1.807, 2.05) is 31.2 Å². The SMILES string of the molecule is Cc1cccc(C(=O)NCC(=O)N(C)Cc2ccc(Br)s2)c1. The third kappa shape index (κ3) is 4.68. The van der Waals surface area contributed by atoms with Gasteiger partial charge in [0, 0.05) is 17.5 Å². The van der Waals surface area contributed by atoms with Crippen LogP contribution in [0.15, 0.2) is 40.2 Å². The predicted octanol–water partition coefficient (Wildman–Crippen LogP) is 3.21. The molecule has 0 atom stereocenters. The van der Waals surface area contributed by atoms with Crippen molar-refractivity contribution in [2.45, 2.75) is 13.5 Å². The predicted molar refractivity (Wildman–Crippen MR) is 92.0 cm³/mol. The Balaban J connectivity index is 1.85. The standard InChI is InChI=1S/C16H17BrN2O2S/c1-11-4-3-5-12(8-11)16(21)18-9-15(20)19(2)10-13-6-7-14(17)22-13/h3-8H,9-10H2,1-2H3,(H,18,21). The van der Waals surface area contributed by atoms with E-state index in [0.29, 0.717) is 12.1 Å². The molecule has 116 valence electrons. The largest absolute Gasteiger partial charge is 0.343 e. The maximum atomic E-state index is 12.1. The Morgan fingerprint density at radius 2 is 2.05 bits per heavy atom. The number of aryl methyl sites for hydroxylation is 1. The molecule has 0 fully saturated rings. The van der Waals surface area contributed by atoms with Crippen molar-refractivity contribution in [2.75, 3.05) is 13.6 Å². The van der Waals surface area contributed by atoms with Gasteiger partial charge in [-0.1, -0.05) is 17.7 Å². The summed E-state index contributed by atoms with van der Waals surface area (Å²) in [4.78, 5) is 26.8. The van der Waals surface area contributed by atoms with Crippen molar-refractivity contribution >= 4 is 39.1 Å². The van der Waals surface area contributed by atoms with Gasteiger partial charge in [0.1, 0.15) is 0 Å². The zero-order valence-electron chi connectivity index (χ0n) is 12.4. The molecule has 0 radical (unpaired) electrons. The maximum absolute atomic E-state index is 12.1. The lowest BCUT2D eigenvalue weighted by Gasteiger charge is -2.16. The number of amides is 2. The third-order valence-electron chi connectivity index (χ3n) is 3.13. The van der Waals surface area contributed by atoms with Gasteiger partial charge >= 0.3 is 0 Å². The lowest BCUT2D eigenvalue weighted by atomic mass is 10.1. The normalized spacial score (nSPS) is 10.3. The lowest BCUT2D eigenvalue weighted by molar-refractivity contribution is -0.129. The highest BCUT2D eigenvalue weighted by atomic mass is 79.9. The molecule has 0 aliphatic heterocycles. The monoisotopic (exact) mass is 380 g/mol. The number of hydrogen-bond donors (Lipinski definition) is 1. The molecule has 4 nitrogen and oxygen atoms in total. The summed E-state index contributed by atoms with van der Waals surface area (Å²) in [5.74, 6) is -0.352. The summed E-state index contributed by atoms with van der Waals surface area (Å²) >= 11 is 4.99. The Hall–Kier alpha value is -1.66. The molecule has 2 amide bonds. The number of likely N-dealkylation sites (N-methyl/N-ethyl adjacent to an activating group) is 1. The van der Waals surface area contributed by atoms with Crippen LogP contribution in [0.5, 0.6) is 0 Å². The quantitative estimate of drug-likeness (QED) is 0.865. The molecule has 0 saturated heterocycles. The van der Waals surface area contributed by atoms with Gasteiger partial charge in [-0.25, -0.2) is 0 Å². The molecule has 0 unspecified atom stereocenters. The van der Waals surface area contributed by atoms with E-state index in [2.05, 4.69) is 21.2 Å². The molecule has 0 saturated carbocycles. The van der Waals surface area contributed by atoms with Crippen molar-refractivity contribution in [1.82, 2.24) is 10.2 Å². The van der Waals surface area contributed by atoms with Crippen molar-refractivity contribution in [3.63, 3.8) is 0 Å². The zero-order valence-corrected chi connectivity index (χ0v) is 14.8. The first-order valence-corrected chi connectivity index (χ1v) is 8.39. The molecule has 0 bridgehead atoms. The molecule has 2 aromatic rings. The van der Waals surface area contributed by atoms with Crippen LogP contribution < -0.4 is 5.32 Å². The summed E-state index contributed by atoms with van der Waals surface area (Å²) in [6.07, 6.45) is 0. The molecular formula is C16H17BrN2O2S. The van der Waals surface area contributed by atoms with Gasteiger partial charge in [-0.05, 0) is 47.1 Å². The highest BCUT2D eigenvalue weighted by molar-refractivity contribution is 9.11. The first-order valence-electron chi connectivity index (χ1n) is 6.79. The summed E-state index contributed by atoms with van der Waals surface area (Å²) in [5.41, 5.74) is 1.58. The summed E-state index contributed by atoms with van der Waals surface area (Å²) < 4.78 is 1.04. The van der Waals surface area contributed by atoms with E-state index in [1.165, 1.54) is 0 Å². The van der Waals surface area contributed by atoms with Gasteiger partial charge in [-0.15, -0.1) is 11.3 Å². The summed E-state index contributed by atoms with van der Waals surface area (Å²) in [6, 6.07) is 11.2. The van der Waals surface area contributed by atoms with E-state index < -0.39 is 0 Å². The fourth-order valence-corrected chi connectivity index (χ4v) is 3.47. The second-order valence-corrected chi connectivity index (χ2v) is 7.56. The minimum atomic E-state index is -0.232. The molecular weight excluding hydrogens is 364 g/mol. The zero-order chi connectivity index (χ0) is 16.1. The molecule has 0 aliphatic carbocycles. The number of rotatable bonds is 5. The second-order valence-electron chi connectivity index (χ2n) is 5.01. The Morgan fingerprint density at radius 3 is 2.68 bits per heavy atom. The van der Waals surface area contributed by atoms with Crippen LogP contribution in [0.25, 0.3) is 0 Å². The topological polar surface area (TPSA) is 49.4 Å². The average molecular weight is 381 g/mol. The average Bonchev–Trinajstić information content (AvgIpc) is 2.89. The Kier molecular flexibility index (Phi) is 5.74. The van der Waals surface area contributed by atoms with E-state index in [4.69, 9.17) is 0 Å². The van der Waals surface area contributed by atoms with Crippen LogP contribution in [-0.4, -0.2) is 30.3 Å². The van der Waals surface area contributed by atoms with Gasteiger partial charge in [0.15, 0.2) is 0 Å². The minimum Gasteiger partial charge on any atom is -0.343 e. The van der Waals surface area contributed by atoms with E-state index in [1.54, 1.807) is 35.4 Å². The number of nitrogens with one attached hydrogen (secondary N) is 1. The van der Waals surface area contributed by atoms with Crippen LogP contribution in [-0.2, 0) is 11.3 Å². The minimum absolute atomic E-state index is 0.00415. The summed E-state index contributed by atoms with van der Waals surface area (Å²) in [7, 11) is 1.73. The molecule has 1 aromatic heterocycles. The first kappa shape index (κ1) is 16.7. The molecule has 22 heavy (non-hydrogen) atoms. The maximum Gasteiger partial charge on any atom is 0.251 e. The Labute approximate surface area is 142 Å². The number of halogens is 1. The Morgan fingerprint density at radius 1 is 1.27 bits per heavy atom. The van der Waals surface area contributed by atoms with Gasteiger partial charge in [0.25, 0.3) is 5.91 Å². The third-order valence-corrected chi connectivity index (χ3v) is 4.74. The summed E-state index contributed by atoms with van der Waals surface area (Å²) in [5, 5.41) is 2.66. The fraction of sp³-hybridized carbons (Fsp3) is 0.250. The van der Waals surface area contributed by atoms with Crippen LogP contribution in [0.1, 0.15) is 20.8 Å². The molecule has 1 N–H and O–H groups in total. The first-order chi connectivity index (χ1) is 10.5. The summed E-state index contributed by atoms with van der Waals surface area (Å²) in [6.45, 7) is 2.46. The van der Waals surface area contributed by atoms with Gasteiger partial charge in [0.2, 0.25) is 5.91 Å². The number of benzene rings is 1. The Bertz CT molecular complexity index is 684. The van der Waals surface area contributed by atoms with Gasteiger partial charge in [-0.2, -0.15) is 0 Å². The van der Waals surface area contributed by atoms with Crippen molar-refractivity contribution in [3.8, 4) is 0 Å². The van der Waals surface area contributed by atoms with Gasteiger partial charge in [0.05, 0.1) is 16.9 Å². The number of thiophene rings is 1. The van der Waals surface area contributed by atoms with Crippen molar-refractivity contribution in [1.29, 1.82) is 0 Å². The van der Waals surface area contributed by atoms with Gasteiger partial charge < -0.3 is 10.2 Å². The number of carbonyl (C=O) groups is 2. The number of carbonyl (C=O) groups excluding carboxylic acids is 2. The van der Waals surface area contributed by atoms with Crippen LogP contribution in [0.3, 0.4) is 0 Å². The molecule has 0 spiro atoms. The van der Waals surface area contributed by atoms with E-state index in [0.717, 1.165) is 14.2 Å². The molecule has 0 aliphatic rings. The van der Waals surface area contributed by atoms with E-state index in [-0.39, 0.29) is 18.4 Å². The smallest absolute Gasteiger partial charge is 0.251 e. The fourth-order valence-electron chi connectivity index (χ4n) is 1.94. The molecule has 1 heterocycles. The number of nitrogens with zero attached hydrogens (tertiary/aromatic N) is 1. The lowest BCUT2D eigenvalue weighted by Crippen LogP contribution is -2.37. The van der Waals surface area contributed by atoms with Crippen LogP contribution in [0.2, 0.25) is 0 Å². The highest BCUT2D eigenvalue weighted by Gasteiger charge is 2.13. The van der Waals surface area contributed by atoms with Crippen molar-refractivity contribution in [3.05, 3.63) is 56.2 Å². The highest BCUT2D eigenvalue weighted by Crippen LogP contribution is 2.22. The van der Waals surface area contributed by atoms with E-state index in [9.17, 15) is 9.59 Å². The molecule has 1 aromatic carbocycles. The second kappa shape index (κ2) is 7.56.